The zero-order chi connectivity index (χ0) is 13.9. The molecule has 2 aromatic rings. The number of aryl methyl sites for hydroxylation is 1. The van der Waals surface area contributed by atoms with E-state index in [4.69, 9.17) is 4.74 Å². The average molecular weight is 268 g/mol. The summed E-state index contributed by atoms with van der Waals surface area (Å²) in [6, 6.07) is 15.2. The van der Waals surface area contributed by atoms with E-state index >= 15 is 0 Å². The first-order valence-corrected chi connectivity index (χ1v) is 7.09. The lowest BCUT2D eigenvalue weighted by Crippen LogP contribution is -2.26. The molecule has 1 aromatic carbocycles. The summed E-state index contributed by atoms with van der Waals surface area (Å²) < 4.78 is 5.21. The molecule has 0 atom stereocenters. The Kier molecular flexibility index (Phi) is 3.59. The smallest absolute Gasteiger partial charge is 0.129 e. The van der Waals surface area contributed by atoms with E-state index in [2.05, 4.69) is 34.1 Å². The van der Waals surface area contributed by atoms with Crippen molar-refractivity contribution in [2.45, 2.75) is 32.4 Å². The molecule has 20 heavy (non-hydrogen) atoms. The van der Waals surface area contributed by atoms with Crippen LogP contribution in [0.15, 0.2) is 42.5 Å². The van der Waals surface area contributed by atoms with Crippen LogP contribution in [0.1, 0.15) is 24.1 Å². The lowest BCUT2D eigenvalue weighted by Gasteiger charge is -2.24. The Bertz CT molecular complexity index is 576. The minimum absolute atomic E-state index is 0.645. The Morgan fingerprint density at radius 2 is 1.90 bits per heavy atom. The van der Waals surface area contributed by atoms with Crippen LogP contribution in [0.3, 0.4) is 0 Å². The Morgan fingerprint density at radius 1 is 1.15 bits per heavy atom. The summed E-state index contributed by atoms with van der Waals surface area (Å²) in [6.45, 7) is 2.95. The number of methoxy groups -OCH3 is 1. The minimum atomic E-state index is 0.645. The average Bonchev–Trinajstić information content (AvgIpc) is 3.30. The fraction of sp³-hybridized carbons (Fsp3) is 0.353. The van der Waals surface area contributed by atoms with E-state index in [9.17, 15) is 0 Å². The Morgan fingerprint density at radius 3 is 2.50 bits per heavy atom. The summed E-state index contributed by atoms with van der Waals surface area (Å²) in [5.74, 6) is 1.99. The zero-order valence-corrected chi connectivity index (χ0v) is 12.0. The van der Waals surface area contributed by atoms with E-state index in [0.717, 1.165) is 23.8 Å². The lowest BCUT2D eigenvalue weighted by molar-refractivity contribution is 0.414. The van der Waals surface area contributed by atoms with Crippen molar-refractivity contribution in [2.75, 3.05) is 12.0 Å². The first-order chi connectivity index (χ1) is 9.76. The minimum Gasteiger partial charge on any atom is -0.497 e. The van der Waals surface area contributed by atoms with Gasteiger partial charge in [0, 0.05) is 18.3 Å². The van der Waals surface area contributed by atoms with Gasteiger partial charge in [0.25, 0.3) is 0 Å². The molecule has 3 rings (SSSR count). The highest BCUT2D eigenvalue weighted by atomic mass is 16.5. The molecule has 0 radical (unpaired) electrons. The van der Waals surface area contributed by atoms with Crippen LogP contribution in [0.2, 0.25) is 0 Å². The molecule has 1 saturated carbocycles. The third-order valence-electron chi connectivity index (χ3n) is 3.67. The summed E-state index contributed by atoms with van der Waals surface area (Å²) in [4.78, 5) is 7.08. The molecule has 3 nitrogen and oxygen atoms in total. The maximum atomic E-state index is 5.21. The summed E-state index contributed by atoms with van der Waals surface area (Å²) in [7, 11) is 1.70. The summed E-state index contributed by atoms with van der Waals surface area (Å²) in [5, 5.41) is 0. The van der Waals surface area contributed by atoms with Crippen molar-refractivity contribution in [3.63, 3.8) is 0 Å². The fourth-order valence-corrected chi connectivity index (χ4v) is 2.40. The van der Waals surface area contributed by atoms with Crippen molar-refractivity contribution in [3.05, 3.63) is 53.7 Å². The first kappa shape index (κ1) is 13.0. The van der Waals surface area contributed by atoms with Crippen LogP contribution in [-0.4, -0.2) is 18.1 Å². The monoisotopic (exact) mass is 268 g/mol. The number of pyridine rings is 1. The molecular formula is C17H20N2O. The van der Waals surface area contributed by atoms with Gasteiger partial charge in [-0.1, -0.05) is 18.2 Å². The van der Waals surface area contributed by atoms with E-state index in [1.165, 1.54) is 18.4 Å². The highest BCUT2D eigenvalue weighted by molar-refractivity contribution is 5.43. The predicted molar refractivity (Wildman–Crippen MR) is 81.2 cm³/mol. The number of nitrogens with zero attached hydrogens (tertiary/aromatic N) is 2. The zero-order valence-electron chi connectivity index (χ0n) is 12.0. The van der Waals surface area contributed by atoms with Crippen molar-refractivity contribution >= 4 is 5.82 Å². The van der Waals surface area contributed by atoms with Gasteiger partial charge in [0.15, 0.2) is 0 Å². The molecule has 1 aliphatic carbocycles. The van der Waals surface area contributed by atoms with Crippen molar-refractivity contribution < 1.29 is 4.74 Å². The van der Waals surface area contributed by atoms with Crippen LogP contribution in [0.25, 0.3) is 0 Å². The van der Waals surface area contributed by atoms with Crippen molar-refractivity contribution in [1.82, 2.24) is 4.98 Å². The lowest BCUT2D eigenvalue weighted by atomic mass is 10.2. The normalized spacial score (nSPS) is 14.1. The molecule has 0 bridgehead atoms. The van der Waals surface area contributed by atoms with Gasteiger partial charge in [-0.15, -0.1) is 0 Å². The van der Waals surface area contributed by atoms with Gasteiger partial charge in [-0.05, 0) is 49.6 Å². The summed E-state index contributed by atoms with van der Waals surface area (Å²) in [5.41, 5.74) is 2.36. The molecule has 0 saturated heterocycles. The molecule has 1 aliphatic rings. The van der Waals surface area contributed by atoms with Crippen molar-refractivity contribution in [1.29, 1.82) is 0 Å². The molecular weight excluding hydrogens is 248 g/mol. The molecule has 104 valence electrons. The standard InChI is InChI=1S/C17H20N2O/c1-13-4-3-5-17(18-13)19(15-8-9-15)12-14-6-10-16(20-2)11-7-14/h3-7,10-11,15H,8-9,12H2,1-2H3. The Balaban J connectivity index is 1.80. The molecule has 1 aromatic heterocycles. The summed E-state index contributed by atoms with van der Waals surface area (Å²) >= 11 is 0. The van der Waals surface area contributed by atoms with Gasteiger partial charge in [-0.25, -0.2) is 4.98 Å². The van der Waals surface area contributed by atoms with Crippen molar-refractivity contribution in [2.24, 2.45) is 0 Å². The fourth-order valence-electron chi connectivity index (χ4n) is 2.40. The number of ether oxygens (including phenoxy) is 1. The van der Waals surface area contributed by atoms with Crippen LogP contribution < -0.4 is 9.64 Å². The Labute approximate surface area is 120 Å². The van der Waals surface area contributed by atoms with Crippen LogP contribution in [0.5, 0.6) is 5.75 Å². The van der Waals surface area contributed by atoms with Gasteiger partial charge in [0.2, 0.25) is 0 Å². The quantitative estimate of drug-likeness (QED) is 0.829. The number of anilines is 1. The molecule has 3 heteroatoms. The second-order valence-corrected chi connectivity index (χ2v) is 5.34. The SMILES string of the molecule is COc1ccc(CN(c2cccc(C)n2)C2CC2)cc1. The van der Waals surface area contributed by atoms with Crippen molar-refractivity contribution in [3.8, 4) is 5.75 Å². The number of aromatic nitrogens is 1. The van der Waals surface area contributed by atoms with Gasteiger partial charge in [0.1, 0.15) is 11.6 Å². The van der Waals surface area contributed by atoms with Crippen LogP contribution >= 0.6 is 0 Å². The van der Waals surface area contributed by atoms with Crippen LogP contribution in [0.4, 0.5) is 5.82 Å². The Hall–Kier alpha value is -2.03. The number of benzene rings is 1. The molecule has 1 heterocycles. The number of hydrogen-bond acceptors (Lipinski definition) is 3. The van der Waals surface area contributed by atoms with E-state index in [1.807, 2.05) is 25.1 Å². The van der Waals surface area contributed by atoms with E-state index in [0.29, 0.717) is 6.04 Å². The highest BCUT2D eigenvalue weighted by Crippen LogP contribution is 2.32. The van der Waals surface area contributed by atoms with E-state index in [1.54, 1.807) is 7.11 Å². The molecule has 0 N–H and O–H groups in total. The third-order valence-corrected chi connectivity index (χ3v) is 3.67. The maximum Gasteiger partial charge on any atom is 0.129 e. The number of hydrogen-bond donors (Lipinski definition) is 0. The van der Waals surface area contributed by atoms with Gasteiger partial charge >= 0.3 is 0 Å². The summed E-state index contributed by atoms with van der Waals surface area (Å²) in [6.07, 6.45) is 2.54. The number of rotatable bonds is 5. The van der Waals surface area contributed by atoms with E-state index < -0.39 is 0 Å². The molecule has 0 amide bonds. The van der Waals surface area contributed by atoms with Gasteiger partial charge < -0.3 is 9.64 Å². The van der Waals surface area contributed by atoms with Gasteiger partial charge in [-0.3, -0.25) is 0 Å². The third kappa shape index (κ3) is 2.93. The van der Waals surface area contributed by atoms with Gasteiger partial charge in [0.05, 0.1) is 7.11 Å². The van der Waals surface area contributed by atoms with Crippen LogP contribution in [-0.2, 0) is 6.54 Å². The highest BCUT2D eigenvalue weighted by Gasteiger charge is 2.30. The van der Waals surface area contributed by atoms with E-state index in [-0.39, 0.29) is 0 Å². The first-order valence-electron chi connectivity index (χ1n) is 7.09. The second-order valence-electron chi connectivity index (χ2n) is 5.34. The largest absolute Gasteiger partial charge is 0.497 e. The second kappa shape index (κ2) is 5.53. The molecule has 1 fully saturated rings. The molecule has 0 spiro atoms. The predicted octanol–water partition coefficient (Wildman–Crippen LogP) is 3.57. The van der Waals surface area contributed by atoms with Crippen LogP contribution in [0, 0.1) is 6.92 Å². The molecule has 0 aliphatic heterocycles. The topological polar surface area (TPSA) is 25.4 Å². The maximum absolute atomic E-state index is 5.21. The van der Waals surface area contributed by atoms with Gasteiger partial charge in [-0.2, -0.15) is 0 Å². The molecule has 0 unspecified atom stereocenters.